The van der Waals surface area contributed by atoms with Gasteiger partial charge in [0.15, 0.2) is 10.1 Å². The molecule has 0 saturated heterocycles. The average Bonchev–Trinajstić information content (AvgIpc) is 2.43. The van der Waals surface area contributed by atoms with Crippen LogP contribution in [0.4, 0.5) is 65.9 Å². The zero-order valence-electron chi connectivity index (χ0n) is 13.9. The third kappa shape index (κ3) is 4.83. The summed E-state index contributed by atoms with van der Waals surface area (Å²) in [7, 11) is -7.92. The summed E-state index contributed by atoms with van der Waals surface area (Å²) in [6.07, 6.45) is -12.7. The molecule has 0 bridgehead atoms. The van der Waals surface area contributed by atoms with E-state index >= 15 is 0 Å². The van der Waals surface area contributed by atoms with Gasteiger partial charge in [-0.05, 0) is 6.42 Å². The quantitative estimate of drug-likeness (QED) is 0.333. The van der Waals surface area contributed by atoms with Gasteiger partial charge >= 0.3 is 41.0 Å². The van der Waals surface area contributed by atoms with Crippen LogP contribution >= 0.6 is 0 Å². The van der Waals surface area contributed by atoms with Crippen LogP contribution in [0.3, 0.4) is 0 Å². The van der Waals surface area contributed by atoms with Crippen LogP contribution in [0.1, 0.15) is 19.3 Å². The summed E-state index contributed by atoms with van der Waals surface area (Å²) in [5.41, 5.74) is 0. The minimum absolute atomic E-state index is 0. The van der Waals surface area contributed by atoms with Crippen LogP contribution in [0.2, 0.25) is 0 Å². The molecule has 0 unspecified atom stereocenters. The van der Waals surface area contributed by atoms with Gasteiger partial charge in [-0.25, -0.2) is 8.42 Å². The van der Waals surface area contributed by atoms with Gasteiger partial charge in [-0.15, -0.1) is 0 Å². The van der Waals surface area contributed by atoms with Crippen molar-refractivity contribution in [1.82, 2.24) is 6.15 Å². The highest BCUT2D eigenvalue weighted by atomic mass is 32.2. The Kier molecular flexibility index (Phi) is 8.33. The Hall–Kier alpha value is -1.18. The first kappa shape index (κ1) is 31.0. The fourth-order valence-corrected chi connectivity index (χ4v) is 2.07. The predicted molar refractivity (Wildman–Crippen MR) is 65.3 cm³/mol. The molecule has 0 atom stereocenters. The molecule has 0 aliphatic rings. The van der Waals surface area contributed by atoms with Crippen molar-refractivity contribution >= 4 is 10.1 Å². The Balaban J connectivity index is 0. The monoisotopic (exact) mass is 509 g/mol. The minimum atomic E-state index is -8.29. The molecule has 0 aliphatic carbocycles. The van der Waals surface area contributed by atoms with Crippen molar-refractivity contribution in [2.24, 2.45) is 0 Å². The molecule has 0 aliphatic heterocycles. The van der Waals surface area contributed by atoms with E-state index in [2.05, 4.69) is 0 Å². The van der Waals surface area contributed by atoms with E-state index in [9.17, 15) is 78.8 Å². The van der Waals surface area contributed by atoms with E-state index < -0.39 is 70.4 Å². The third-order valence-corrected chi connectivity index (χ3v) is 4.16. The second-order valence-corrected chi connectivity index (χ2v) is 6.86. The summed E-state index contributed by atoms with van der Waals surface area (Å²) in [5, 5.41) is -7.67. The maximum Gasteiger partial charge on any atom is 0.402 e. The lowest BCUT2D eigenvalue weighted by atomic mass is 9.92. The Morgan fingerprint density at radius 1 is 0.567 bits per heavy atom. The fraction of sp³-hybridized carbons (Fsp3) is 1.00. The molecular weight excluding hydrogens is 499 g/mol. The number of hydrogen-bond donors (Lipinski definition) is 1. The first-order valence-corrected chi connectivity index (χ1v) is 7.90. The first-order chi connectivity index (χ1) is 12.2. The summed E-state index contributed by atoms with van der Waals surface area (Å²) < 4.78 is 222. The van der Waals surface area contributed by atoms with Gasteiger partial charge in [-0.2, -0.15) is 65.9 Å². The smallest absolute Gasteiger partial charge is 0.402 e. The zero-order valence-corrected chi connectivity index (χ0v) is 14.7. The topological polar surface area (TPSA) is 93.7 Å². The lowest BCUT2D eigenvalue weighted by Gasteiger charge is -2.41. The van der Waals surface area contributed by atoms with Crippen LogP contribution in [0.15, 0.2) is 0 Å². The van der Waals surface area contributed by atoms with Crippen LogP contribution in [0, 0.1) is 0 Å². The van der Waals surface area contributed by atoms with Gasteiger partial charge in [0, 0.05) is 12.8 Å². The van der Waals surface area contributed by atoms with Gasteiger partial charge in [0.05, 0.1) is 0 Å². The molecule has 4 N–H and O–H groups in total. The Labute approximate surface area is 156 Å². The lowest BCUT2D eigenvalue weighted by molar-refractivity contribution is -0.417. The van der Waals surface area contributed by atoms with Gasteiger partial charge in [-0.1, -0.05) is 0 Å². The van der Waals surface area contributed by atoms with E-state index in [1.807, 2.05) is 0 Å². The molecular formula is C10H10F15NO3S. The summed E-state index contributed by atoms with van der Waals surface area (Å²) in [4.78, 5) is 0. The van der Waals surface area contributed by atoms with E-state index in [0.717, 1.165) is 0 Å². The average molecular weight is 509 g/mol. The van der Waals surface area contributed by atoms with E-state index in [-0.39, 0.29) is 6.15 Å². The molecule has 0 amide bonds. The van der Waals surface area contributed by atoms with Crippen LogP contribution < -0.4 is 6.15 Å². The van der Waals surface area contributed by atoms with Gasteiger partial charge in [-0.3, -0.25) is 0 Å². The lowest BCUT2D eigenvalue weighted by Crippen LogP contribution is -2.71. The van der Waals surface area contributed by atoms with Crippen molar-refractivity contribution < 1.29 is 78.8 Å². The zero-order chi connectivity index (χ0) is 24.1. The maximum absolute atomic E-state index is 13.2. The second-order valence-electron chi connectivity index (χ2n) is 5.44. The number of quaternary nitrogens is 1. The molecule has 20 heteroatoms. The van der Waals surface area contributed by atoms with Gasteiger partial charge < -0.3 is 10.7 Å². The summed E-state index contributed by atoms with van der Waals surface area (Å²) in [5.74, 6) is -38.9. The SMILES string of the molecule is O=S(=O)([O-])C(F)(F)C(F)(F)C(F)(F)C(F)(F)C(F)(F)C(F)(F)CCCC(F)(F)F.[NH4+]. The molecule has 0 saturated carbocycles. The Morgan fingerprint density at radius 3 is 1.20 bits per heavy atom. The van der Waals surface area contributed by atoms with Crippen molar-refractivity contribution in [3.8, 4) is 0 Å². The number of hydrogen-bond acceptors (Lipinski definition) is 3. The molecule has 0 rings (SSSR count). The van der Waals surface area contributed by atoms with E-state index in [1.54, 1.807) is 0 Å². The highest BCUT2D eigenvalue weighted by molar-refractivity contribution is 7.86. The molecule has 4 nitrogen and oxygen atoms in total. The molecule has 0 fully saturated rings. The molecule has 0 spiro atoms. The number of alkyl halides is 15. The van der Waals surface area contributed by atoms with Crippen molar-refractivity contribution in [3.05, 3.63) is 0 Å². The van der Waals surface area contributed by atoms with E-state index in [0.29, 0.717) is 0 Å². The molecule has 0 radical (unpaired) electrons. The van der Waals surface area contributed by atoms with Crippen LogP contribution in [0.5, 0.6) is 0 Å². The highest BCUT2D eigenvalue weighted by Gasteiger charge is 2.90. The van der Waals surface area contributed by atoms with Crippen LogP contribution in [-0.2, 0) is 10.1 Å². The first-order valence-electron chi connectivity index (χ1n) is 6.50. The second kappa shape index (κ2) is 8.06. The fourth-order valence-electron chi connectivity index (χ4n) is 1.63. The third-order valence-electron chi connectivity index (χ3n) is 3.27. The Bertz CT molecular complexity index is 700. The molecule has 30 heavy (non-hydrogen) atoms. The maximum atomic E-state index is 13.2. The van der Waals surface area contributed by atoms with Gasteiger partial charge in [0.1, 0.15) is 0 Å². The highest BCUT2D eigenvalue weighted by Crippen LogP contribution is 2.61. The Morgan fingerprint density at radius 2 is 0.900 bits per heavy atom. The number of rotatable bonds is 9. The molecule has 0 aromatic carbocycles. The number of halogens is 15. The van der Waals surface area contributed by atoms with Gasteiger partial charge in [0.25, 0.3) is 0 Å². The standard InChI is InChI=1S/C10H7F15O3S.H3N/c11-4(12,2-1-3-5(13,14)15)6(16,17)7(18,19)8(20,21)9(22,23)10(24,25)29(26,27)28;/h1-3H2,(H,26,27,28);1H3. The minimum Gasteiger partial charge on any atom is -0.743 e. The van der Waals surface area contributed by atoms with E-state index in [1.165, 1.54) is 0 Å². The summed E-state index contributed by atoms with van der Waals surface area (Å²) >= 11 is 0. The van der Waals surface area contributed by atoms with Crippen molar-refractivity contribution in [1.29, 1.82) is 0 Å². The molecule has 0 aromatic rings. The largest absolute Gasteiger partial charge is 0.743 e. The molecule has 184 valence electrons. The van der Waals surface area contributed by atoms with Crippen LogP contribution in [0.25, 0.3) is 0 Å². The van der Waals surface area contributed by atoms with Crippen molar-refractivity contribution in [3.63, 3.8) is 0 Å². The van der Waals surface area contributed by atoms with Crippen molar-refractivity contribution in [2.75, 3.05) is 0 Å². The normalized spacial score (nSPS) is 15.7. The molecule has 0 aromatic heterocycles. The summed E-state index contributed by atoms with van der Waals surface area (Å²) in [6, 6.07) is 0. The van der Waals surface area contributed by atoms with Crippen LogP contribution in [-0.4, -0.2) is 54.0 Å². The van der Waals surface area contributed by atoms with Crippen molar-refractivity contribution in [2.45, 2.75) is 60.3 Å². The van der Waals surface area contributed by atoms with Gasteiger partial charge in [0.2, 0.25) is 0 Å². The summed E-state index contributed by atoms with van der Waals surface area (Å²) in [6.45, 7) is 0. The molecule has 0 heterocycles. The van der Waals surface area contributed by atoms with E-state index in [4.69, 9.17) is 0 Å². The predicted octanol–water partition coefficient (Wildman–Crippen LogP) is 5.41.